The number of thioether (sulfide) groups is 1. The Labute approximate surface area is 175 Å². The van der Waals surface area contributed by atoms with Crippen LogP contribution >= 0.6 is 24.2 Å². The fourth-order valence-electron chi connectivity index (χ4n) is 2.44. The first-order valence-electron chi connectivity index (χ1n) is 8.87. The lowest BCUT2D eigenvalue weighted by Gasteiger charge is -2.22. The van der Waals surface area contributed by atoms with Gasteiger partial charge in [0.15, 0.2) is 5.82 Å². The van der Waals surface area contributed by atoms with E-state index in [1.807, 2.05) is 30.3 Å². The minimum atomic E-state index is -0.389. The van der Waals surface area contributed by atoms with Crippen molar-refractivity contribution in [3.63, 3.8) is 0 Å². The molecule has 0 saturated carbocycles. The molecule has 3 N–H and O–H groups in total. The number of aryl methyl sites for hydroxylation is 1. The third kappa shape index (κ3) is 7.92. The third-order valence-corrected chi connectivity index (χ3v) is 5.10. The van der Waals surface area contributed by atoms with Crippen LogP contribution in [-0.2, 0) is 16.0 Å². The van der Waals surface area contributed by atoms with Gasteiger partial charge in [0, 0.05) is 25.7 Å². The number of benzene rings is 1. The third-order valence-electron chi connectivity index (χ3n) is 3.97. The smallest absolute Gasteiger partial charge is 0.238 e. The van der Waals surface area contributed by atoms with E-state index in [0.717, 1.165) is 6.42 Å². The van der Waals surface area contributed by atoms with Gasteiger partial charge in [-0.25, -0.2) is 0 Å². The quantitative estimate of drug-likeness (QED) is 0.605. The van der Waals surface area contributed by atoms with Crippen molar-refractivity contribution in [1.29, 1.82) is 0 Å². The van der Waals surface area contributed by atoms with Gasteiger partial charge in [0.05, 0.1) is 11.0 Å². The summed E-state index contributed by atoms with van der Waals surface area (Å²) in [5, 5.41) is 6.02. The van der Waals surface area contributed by atoms with Crippen LogP contribution in [-0.4, -0.2) is 52.5 Å². The maximum Gasteiger partial charge on any atom is 0.238 e. The number of hydrogen-bond donors (Lipinski definition) is 2. The van der Waals surface area contributed by atoms with E-state index in [2.05, 4.69) is 10.5 Å². The molecule has 154 valence electrons. The second-order valence-electron chi connectivity index (χ2n) is 6.17. The van der Waals surface area contributed by atoms with E-state index in [9.17, 15) is 9.59 Å². The van der Waals surface area contributed by atoms with Gasteiger partial charge in [0.2, 0.25) is 11.8 Å². The van der Waals surface area contributed by atoms with Crippen LogP contribution < -0.4 is 11.1 Å². The molecule has 1 atom stereocenters. The van der Waals surface area contributed by atoms with Crippen LogP contribution in [0.4, 0.5) is 5.82 Å². The van der Waals surface area contributed by atoms with Crippen molar-refractivity contribution >= 4 is 41.8 Å². The second kappa shape index (κ2) is 12.4. The van der Waals surface area contributed by atoms with Gasteiger partial charge >= 0.3 is 0 Å². The fourth-order valence-corrected chi connectivity index (χ4v) is 3.23. The molecule has 2 aromatic rings. The predicted molar refractivity (Wildman–Crippen MR) is 115 cm³/mol. The maximum absolute atomic E-state index is 12.5. The van der Waals surface area contributed by atoms with Crippen molar-refractivity contribution in [2.75, 3.05) is 30.7 Å². The van der Waals surface area contributed by atoms with Crippen molar-refractivity contribution in [2.45, 2.75) is 25.5 Å². The summed E-state index contributed by atoms with van der Waals surface area (Å²) in [6.07, 6.45) is 0.777. The van der Waals surface area contributed by atoms with Crippen molar-refractivity contribution in [1.82, 2.24) is 10.1 Å². The monoisotopic (exact) mass is 426 g/mol. The van der Waals surface area contributed by atoms with Gasteiger partial charge in [-0.15, -0.1) is 24.2 Å². The van der Waals surface area contributed by atoms with E-state index in [-0.39, 0.29) is 35.2 Å². The summed E-state index contributed by atoms with van der Waals surface area (Å²) in [5.74, 6) is 0.996. The summed E-state index contributed by atoms with van der Waals surface area (Å²) in [4.78, 5) is 26.5. The molecule has 0 fully saturated rings. The number of anilines is 1. The first-order valence-corrected chi connectivity index (χ1v) is 9.92. The molecule has 7 nitrogen and oxygen atoms in total. The highest BCUT2D eigenvalue weighted by Crippen LogP contribution is 2.15. The Kier molecular flexibility index (Phi) is 10.7. The van der Waals surface area contributed by atoms with Gasteiger partial charge in [0.25, 0.3) is 0 Å². The summed E-state index contributed by atoms with van der Waals surface area (Å²) < 4.78 is 4.92. The van der Waals surface area contributed by atoms with Crippen LogP contribution in [0.25, 0.3) is 0 Å². The number of nitrogens with one attached hydrogen (secondary N) is 1. The molecule has 0 radical (unpaired) electrons. The molecule has 28 heavy (non-hydrogen) atoms. The van der Waals surface area contributed by atoms with Crippen LogP contribution in [0.3, 0.4) is 0 Å². The van der Waals surface area contributed by atoms with E-state index < -0.39 is 0 Å². The largest absolute Gasteiger partial charge is 0.360 e. The topological polar surface area (TPSA) is 101 Å². The van der Waals surface area contributed by atoms with E-state index >= 15 is 0 Å². The zero-order chi connectivity index (χ0) is 19.6. The molecular weight excluding hydrogens is 400 g/mol. The molecule has 0 spiro atoms. The molecule has 2 amide bonds. The average molecular weight is 427 g/mol. The lowest BCUT2D eigenvalue weighted by atomic mass is 10.1. The van der Waals surface area contributed by atoms with Crippen LogP contribution in [0, 0.1) is 6.92 Å². The minimum Gasteiger partial charge on any atom is -0.360 e. The summed E-state index contributed by atoms with van der Waals surface area (Å²) in [7, 11) is 0. The molecule has 0 aliphatic heterocycles. The molecule has 1 aromatic heterocycles. The number of nitrogens with zero attached hydrogens (tertiary/aromatic N) is 2. The van der Waals surface area contributed by atoms with Crippen LogP contribution in [0.2, 0.25) is 0 Å². The van der Waals surface area contributed by atoms with Gasteiger partial charge in [0.1, 0.15) is 5.76 Å². The Morgan fingerprint density at radius 3 is 2.61 bits per heavy atom. The van der Waals surface area contributed by atoms with E-state index in [0.29, 0.717) is 31.2 Å². The Morgan fingerprint density at radius 1 is 1.29 bits per heavy atom. The van der Waals surface area contributed by atoms with Crippen LogP contribution in [0.15, 0.2) is 40.9 Å². The predicted octanol–water partition coefficient (Wildman–Crippen LogP) is 2.50. The fraction of sp³-hybridized carbons (Fsp3) is 0.421. The normalized spacial score (nSPS) is 11.4. The Morgan fingerprint density at radius 2 is 2.00 bits per heavy atom. The lowest BCUT2D eigenvalue weighted by Crippen LogP contribution is -2.38. The molecule has 1 heterocycles. The zero-order valence-corrected chi connectivity index (χ0v) is 17.7. The molecule has 1 aromatic carbocycles. The van der Waals surface area contributed by atoms with E-state index in [1.165, 1.54) is 17.3 Å². The number of amides is 2. The highest BCUT2D eigenvalue weighted by molar-refractivity contribution is 8.01. The number of hydrogen-bond acceptors (Lipinski definition) is 6. The summed E-state index contributed by atoms with van der Waals surface area (Å²) in [6.45, 7) is 5.04. The summed E-state index contributed by atoms with van der Waals surface area (Å²) in [5.41, 5.74) is 6.82. The van der Waals surface area contributed by atoms with Crippen LogP contribution in [0.5, 0.6) is 0 Å². The number of aromatic nitrogens is 1. The Balaban J connectivity index is 0.00000392. The lowest BCUT2D eigenvalue weighted by molar-refractivity contribution is -0.128. The standard InChI is InChI=1S/C19H26N4O3S.ClH/c1-14-12-17(22-26-14)21-19(25)15(2)27-13-18(24)23(11-9-20)10-8-16-6-4-3-5-7-16;/h3-7,12,15H,8-11,13,20H2,1-2H3,(H,21,22,25);1H. The number of carbonyl (C=O) groups excluding carboxylic acids is 2. The second-order valence-corrected chi connectivity index (χ2v) is 7.50. The minimum absolute atomic E-state index is 0. The van der Waals surface area contributed by atoms with Gasteiger partial charge in [-0.1, -0.05) is 35.5 Å². The molecule has 1 unspecified atom stereocenters. The first-order chi connectivity index (χ1) is 13.0. The van der Waals surface area contributed by atoms with Crippen molar-refractivity contribution in [3.8, 4) is 0 Å². The van der Waals surface area contributed by atoms with Crippen molar-refractivity contribution in [2.24, 2.45) is 5.73 Å². The number of nitrogens with two attached hydrogens (primary N) is 1. The van der Waals surface area contributed by atoms with Crippen LogP contribution in [0.1, 0.15) is 18.2 Å². The molecule has 0 saturated heterocycles. The first kappa shape index (κ1) is 24.0. The number of carbonyl (C=O) groups is 2. The SMILES string of the molecule is Cc1cc(NC(=O)C(C)SCC(=O)N(CCN)CCc2ccccc2)no1.Cl. The summed E-state index contributed by atoms with van der Waals surface area (Å²) >= 11 is 1.29. The molecule has 2 rings (SSSR count). The Bertz CT molecular complexity index is 742. The highest BCUT2D eigenvalue weighted by atomic mass is 35.5. The van der Waals surface area contributed by atoms with Crippen molar-refractivity contribution < 1.29 is 14.1 Å². The highest BCUT2D eigenvalue weighted by Gasteiger charge is 2.19. The molecule has 0 aliphatic carbocycles. The van der Waals surface area contributed by atoms with E-state index in [4.69, 9.17) is 10.3 Å². The van der Waals surface area contributed by atoms with Gasteiger partial charge in [-0.2, -0.15) is 0 Å². The van der Waals surface area contributed by atoms with Gasteiger partial charge < -0.3 is 20.5 Å². The van der Waals surface area contributed by atoms with E-state index in [1.54, 1.807) is 24.8 Å². The molecule has 0 bridgehead atoms. The van der Waals surface area contributed by atoms with Gasteiger partial charge in [-0.3, -0.25) is 9.59 Å². The zero-order valence-electron chi connectivity index (χ0n) is 16.1. The number of rotatable bonds is 10. The Hall–Kier alpha value is -2.03. The van der Waals surface area contributed by atoms with Gasteiger partial charge in [-0.05, 0) is 25.8 Å². The number of halogens is 1. The average Bonchev–Trinajstić information content (AvgIpc) is 3.08. The maximum atomic E-state index is 12.5. The summed E-state index contributed by atoms with van der Waals surface area (Å²) in [6, 6.07) is 11.7. The molecule has 9 heteroatoms. The molecule has 0 aliphatic rings. The van der Waals surface area contributed by atoms with Crippen molar-refractivity contribution in [3.05, 3.63) is 47.7 Å². The molecular formula is C19H27ClN4O3S.